The summed E-state index contributed by atoms with van der Waals surface area (Å²) in [6.07, 6.45) is 0.646. The smallest absolute Gasteiger partial charge is 0.241 e. The van der Waals surface area contributed by atoms with Gasteiger partial charge in [-0.3, -0.25) is 4.79 Å². The van der Waals surface area contributed by atoms with Crippen molar-refractivity contribution in [1.82, 2.24) is 4.72 Å². The predicted octanol–water partition coefficient (Wildman–Crippen LogP) is 2.86. The highest BCUT2D eigenvalue weighted by Gasteiger charge is 2.31. The van der Waals surface area contributed by atoms with Crippen molar-refractivity contribution >= 4 is 53.5 Å². The van der Waals surface area contributed by atoms with Crippen LogP contribution >= 0.6 is 31.9 Å². The van der Waals surface area contributed by atoms with Gasteiger partial charge in [0.25, 0.3) is 0 Å². The van der Waals surface area contributed by atoms with Gasteiger partial charge in [0.1, 0.15) is 0 Å². The van der Waals surface area contributed by atoms with E-state index in [1.165, 1.54) is 19.1 Å². The van der Waals surface area contributed by atoms with Crippen molar-refractivity contribution < 1.29 is 13.2 Å². The van der Waals surface area contributed by atoms with Gasteiger partial charge < -0.3 is 5.32 Å². The van der Waals surface area contributed by atoms with Crippen molar-refractivity contribution in [2.24, 2.45) is 0 Å². The molecule has 1 aromatic carbocycles. The number of hydrogen-bond donors (Lipinski definition) is 2. The summed E-state index contributed by atoms with van der Waals surface area (Å²) in [5, 5.41) is 3.61. The van der Waals surface area contributed by atoms with E-state index in [0.717, 1.165) is 0 Å². The molecule has 1 aromatic rings. The van der Waals surface area contributed by atoms with Crippen LogP contribution in [-0.4, -0.2) is 30.5 Å². The molecule has 0 atom stereocenters. The summed E-state index contributed by atoms with van der Waals surface area (Å²) < 4.78 is 27.6. The lowest BCUT2D eigenvalue weighted by molar-refractivity contribution is -0.114. The predicted molar refractivity (Wildman–Crippen MR) is 91.7 cm³/mol. The lowest BCUT2D eigenvalue weighted by Crippen LogP contribution is -2.50. The number of benzene rings is 1. The van der Waals surface area contributed by atoms with Crippen LogP contribution in [0.5, 0.6) is 0 Å². The maximum absolute atomic E-state index is 12.4. The van der Waals surface area contributed by atoms with Gasteiger partial charge in [-0.2, -0.15) is 0 Å². The van der Waals surface area contributed by atoms with E-state index in [4.69, 9.17) is 0 Å². The van der Waals surface area contributed by atoms with Gasteiger partial charge in [-0.25, -0.2) is 13.1 Å². The van der Waals surface area contributed by atoms with Crippen LogP contribution in [0, 0.1) is 0 Å². The summed E-state index contributed by atoms with van der Waals surface area (Å²) in [6, 6.07) is 6.06. The number of amides is 1. The molecule has 1 amide bonds. The molecule has 0 aliphatic carbocycles. The molecule has 0 spiro atoms. The highest BCUT2D eigenvalue weighted by molar-refractivity contribution is 9.09. The zero-order valence-corrected chi connectivity index (χ0v) is 15.8. The van der Waals surface area contributed by atoms with E-state index in [9.17, 15) is 13.2 Å². The fourth-order valence-corrected chi connectivity index (χ4v) is 5.46. The Hall–Kier alpha value is -0.440. The van der Waals surface area contributed by atoms with Crippen molar-refractivity contribution in [1.29, 1.82) is 0 Å². The first kappa shape index (κ1) is 18.6. The van der Waals surface area contributed by atoms with Crippen molar-refractivity contribution in [3.8, 4) is 0 Å². The summed E-state index contributed by atoms with van der Waals surface area (Å²) in [5.74, 6) is -0.202. The molecule has 0 saturated carbocycles. The number of halogens is 2. The molecule has 21 heavy (non-hydrogen) atoms. The van der Waals surface area contributed by atoms with E-state index < -0.39 is 15.6 Å². The summed E-state index contributed by atoms with van der Waals surface area (Å²) in [5.41, 5.74) is -0.0148. The maximum Gasteiger partial charge on any atom is 0.241 e. The first-order chi connectivity index (χ1) is 9.78. The minimum atomic E-state index is -3.62. The van der Waals surface area contributed by atoms with Crippen LogP contribution in [0.1, 0.15) is 20.3 Å². The van der Waals surface area contributed by atoms with Gasteiger partial charge in [0, 0.05) is 23.3 Å². The third kappa shape index (κ3) is 5.05. The standard InChI is InChI=1S/C13H18Br2N2O3S/c1-3-13(8-14,9-15)17-21(19,20)12-6-4-11(5-7-12)16-10(2)18/h4-7,17H,3,8-9H2,1-2H3,(H,16,18). The Labute approximate surface area is 142 Å². The molecule has 0 aliphatic heterocycles. The van der Waals surface area contributed by atoms with Crippen LogP contribution in [-0.2, 0) is 14.8 Å². The second-order valence-electron chi connectivity index (χ2n) is 4.71. The van der Waals surface area contributed by atoms with Gasteiger partial charge in [0.05, 0.1) is 10.4 Å². The second-order valence-corrected chi connectivity index (χ2v) is 7.52. The van der Waals surface area contributed by atoms with Gasteiger partial charge in [0.2, 0.25) is 15.9 Å². The summed E-state index contributed by atoms with van der Waals surface area (Å²) in [7, 11) is -3.62. The number of carbonyl (C=O) groups excluding carboxylic acids is 1. The van der Waals surface area contributed by atoms with Crippen LogP contribution < -0.4 is 10.0 Å². The lowest BCUT2D eigenvalue weighted by Gasteiger charge is -2.29. The Morgan fingerprint density at radius 1 is 1.19 bits per heavy atom. The molecule has 5 nitrogen and oxygen atoms in total. The molecule has 0 radical (unpaired) electrons. The van der Waals surface area contributed by atoms with Crippen LogP contribution in [0.4, 0.5) is 5.69 Å². The zero-order chi connectivity index (χ0) is 16.1. The first-order valence-corrected chi connectivity index (χ1v) is 10.0. The molecule has 118 valence electrons. The van der Waals surface area contributed by atoms with E-state index in [2.05, 4.69) is 41.9 Å². The Morgan fingerprint density at radius 2 is 1.71 bits per heavy atom. The Bertz CT molecular complexity index is 576. The van der Waals surface area contributed by atoms with Gasteiger partial charge in [-0.1, -0.05) is 38.8 Å². The molecule has 0 fully saturated rings. The third-order valence-electron chi connectivity index (χ3n) is 3.02. The molecule has 0 aromatic heterocycles. The molecular weight excluding hydrogens is 424 g/mol. The topological polar surface area (TPSA) is 75.3 Å². The normalized spacial score (nSPS) is 12.2. The largest absolute Gasteiger partial charge is 0.326 e. The number of nitrogens with one attached hydrogen (secondary N) is 2. The molecule has 8 heteroatoms. The quantitative estimate of drug-likeness (QED) is 0.638. The number of rotatable bonds is 7. The van der Waals surface area contributed by atoms with Crippen LogP contribution in [0.25, 0.3) is 0 Å². The maximum atomic E-state index is 12.4. The highest BCUT2D eigenvalue weighted by Crippen LogP contribution is 2.22. The van der Waals surface area contributed by atoms with Crippen LogP contribution in [0.3, 0.4) is 0 Å². The zero-order valence-electron chi connectivity index (χ0n) is 11.8. The van der Waals surface area contributed by atoms with Crippen molar-refractivity contribution in [3.63, 3.8) is 0 Å². The SMILES string of the molecule is CCC(CBr)(CBr)NS(=O)(=O)c1ccc(NC(C)=O)cc1. The van der Waals surface area contributed by atoms with Crippen LogP contribution in [0.2, 0.25) is 0 Å². The summed E-state index contributed by atoms with van der Waals surface area (Å²) >= 11 is 6.71. The first-order valence-electron chi connectivity index (χ1n) is 6.32. The average molecular weight is 442 g/mol. The molecule has 0 aliphatic rings. The molecule has 0 unspecified atom stereocenters. The van der Waals surface area contributed by atoms with Crippen molar-refractivity contribution in [2.75, 3.05) is 16.0 Å². The molecule has 1 rings (SSSR count). The Kier molecular flexibility index (Phi) is 6.83. The van der Waals surface area contributed by atoms with E-state index in [-0.39, 0.29) is 10.8 Å². The lowest BCUT2D eigenvalue weighted by atomic mass is 10.0. The van der Waals surface area contributed by atoms with E-state index >= 15 is 0 Å². The number of anilines is 1. The minimum absolute atomic E-state index is 0.163. The van der Waals surface area contributed by atoms with Crippen LogP contribution in [0.15, 0.2) is 29.2 Å². The highest BCUT2D eigenvalue weighted by atomic mass is 79.9. The number of hydrogen-bond acceptors (Lipinski definition) is 3. The molecular formula is C13H18Br2N2O3S. The Balaban J connectivity index is 3.00. The van der Waals surface area contributed by atoms with Crippen molar-refractivity contribution in [3.05, 3.63) is 24.3 Å². The average Bonchev–Trinajstić information content (AvgIpc) is 2.45. The summed E-state index contributed by atoms with van der Waals surface area (Å²) in [6.45, 7) is 3.32. The van der Waals surface area contributed by atoms with Crippen molar-refractivity contribution in [2.45, 2.75) is 30.7 Å². The summed E-state index contributed by atoms with van der Waals surface area (Å²) in [4.78, 5) is 11.1. The fraction of sp³-hybridized carbons (Fsp3) is 0.462. The molecule has 0 saturated heterocycles. The van der Waals surface area contributed by atoms with E-state index in [1.807, 2.05) is 6.92 Å². The van der Waals surface area contributed by atoms with Gasteiger partial charge >= 0.3 is 0 Å². The van der Waals surface area contributed by atoms with E-state index in [0.29, 0.717) is 22.8 Å². The third-order valence-corrected chi connectivity index (χ3v) is 6.77. The second kappa shape index (κ2) is 7.71. The molecule has 0 bridgehead atoms. The minimum Gasteiger partial charge on any atom is -0.326 e. The number of alkyl halides is 2. The van der Waals surface area contributed by atoms with E-state index in [1.54, 1.807) is 12.1 Å². The number of sulfonamides is 1. The molecule has 0 heterocycles. The number of carbonyl (C=O) groups is 1. The fourth-order valence-electron chi connectivity index (χ4n) is 1.62. The molecule has 2 N–H and O–H groups in total. The van der Waals surface area contributed by atoms with Gasteiger partial charge in [0.15, 0.2) is 0 Å². The van der Waals surface area contributed by atoms with Gasteiger partial charge in [-0.15, -0.1) is 0 Å². The Morgan fingerprint density at radius 3 is 2.10 bits per heavy atom. The van der Waals surface area contributed by atoms with Gasteiger partial charge in [-0.05, 0) is 30.7 Å². The monoisotopic (exact) mass is 440 g/mol.